The first-order valence-corrected chi connectivity index (χ1v) is 10.2. The minimum Gasteiger partial charge on any atom is -0.354 e. The molecular weight excluding hydrogens is 374 g/mol. The van der Waals surface area contributed by atoms with Crippen LogP contribution in [0.5, 0.6) is 0 Å². The lowest BCUT2D eigenvalue weighted by Gasteiger charge is -2.26. The summed E-state index contributed by atoms with van der Waals surface area (Å²) >= 11 is 0. The van der Waals surface area contributed by atoms with E-state index in [9.17, 15) is 13.2 Å². The van der Waals surface area contributed by atoms with E-state index in [4.69, 9.17) is 5.73 Å². The second-order valence-electron chi connectivity index (χ2n) is 6.72. The zero-order chi connectivity index (χ0) is 19.3. The molecule has 0 atom stereocenters. The first-order chi connectivity index (χ1) is 11.5. The number of halogens is 1. The van der Waals surface area contributed by atoms with Crippen molar-refractivity contribution >= 4 is 28.3 Å². The summed E-state index contributed by atoms with van der Waals surface area (Å²) in [4.78, 5) is 12.2. The molecule has 1 aromatic carbocycles. The maximum absolute atomic E-state index is 12.5. The van der Waals surface area contributed by atoms with E-state index in [0.717, 1.165) is 18.4 Å². The molecule has 0 aliphatic rings. The number of nitrogens with one attached hydrogen (secondary N) is 2. The van der Waals surface area contributed by atoms with Crippen LogP contribution < -0.4 is 15.8 Å². The Morgan fingerprint density at radius 2 is 1.62 bits per heavy atom. The van der Waals surface area contributed by atoms with Crippen molar-refractivity contribution in [3.05, 3.63) is 28.8 Å². The lowest BCUT2D eigenvalue weighted by Crippen LogP contribution is -2.49. The number of sulfonamides is 1. The molecule has 4 N–H and O–H groups in total. The molecule has 0 saturated heterocycles. The molecular formula is C18H32ClN3O3S. The van der Waals surface area contributed by atoms with Gasteiger partial charge < -0.3 is 11.1 Å². The fourth-order valence-electron chi connectivity index (χ4n) is 2.82. The van der Waals surface area contributed by atoms with Crippen LogP contribution in [0.25, 0.3) is 0 Å². The first-order valence-electron chi connectivity index (χ1n) is 8.67. The van der Waals surface area contributed by atoms with Gasteiger partial charge in [0.2, 0.25) is 15.9 Å². The zero-order valence-electron chi connectivity index (χ0n) is 16.3. The average Bonchev–Trinajstić information content (AvgIpc) is 2.51. The highest BCUT2D eigenvalue weighted by Gasteiger charge is 2.22. The maximum Gasteiger partial charge on any atom is 0.241 e. The fraction of sp³-hybridized carbons (Fsp3) is 0.611. The molecule has 0 bridgehead atoms. The molecule has 150 valence electrons. The van der Waals surface area contributed by atoms with Gasteiger partial charge in [-0.3, -0.25) is 4.79 Å². The number of carbonyl (C=O) groups is 1. The molecule has 0 spiro atoms. The van der Waals surface area contributed by atoms with Crippen molar-refractivity contribution in [2.75, 3.05) is 13.1 Å². The van der Waals surface area contributed by atoms with Gasteiger partial charge in [-0.15, -0.1) is 12.4 Å². The Balaban J connectivity index is 0.00000625. The summed E-state index contributed by atoms with van der Waals surface area (Å²) < 4.78 is 27.5. The molecule has 26 heavy (non-hydrogen) atoms. The van der Waals surface area contributed by atoms with E-state index >= 15 is 0 Å². The van der Waals surface area contributed by atoms with Gasteiger partial charge in [-0.05, 0) is 44.7 Å². The normalized spacial score (nSPS) is 11.8. The Bertz CT molecular complexity index is 693. The van der Waals surface area contributed by atoms with Crippen molar-refractivity contribution in [3.8, 4) is 0 Å². The molecule has 0 heterocycles. The Hall–Kier alpha value is -1.15. The summed E-state index contributed by atoms with van der Waals surface area (Å²) in [5.74, 6) is -0.211. The van der Waals surface area contributed by atoms with Crippen molar-refractivity contribution in [1.82, 2.24) is 10.0 Å². The molecule has 1 aromatic rings. The summed E-state index contributed by atoms with van der Waals surface area (Å²) in [6, 6.07) is 3.68. The predicted molar refractivity (Wildman–Crippen MR) is 108 cm³/mol. The van der Waals surface area contributed by atoms with Gasteiger partial charge >= 0.3 is 0 Å². The number of carbonyl (C=O) groups excluding carboxylic acids is 1. The van der Waals surface area contributed by atoms with Crippen LogP contribution in [0.4, 0.5) is 0 Å². The smallest absolute Gasteiger partial charge is 0.241 e. The Morgan fingerprint density at radius 1 is 1.12 bits per heavy atom. The lowest BCUT2D eigenvalue weighted by atomic mass is 9.94. The second-order valence-corrected chi connectivity index (χ2v) is 8.43. The molecule has 0 aliphatic carbocycles. The van der Waals surface area contributed by atoms with Gasteiger partial charge in [0.1, 0.15) is 0 Å². The molecule has 0 aliphatic heterocycles. The summed E-state index contributed by atoms with van der Waals surface area (Å²) in [6.45, 7) is 9.89. The van der Waals surface area contributed by atoms with Gasteiger partial charge in [-0.2, -0.15) is 0 Å². The van der Waals surface area contributed by atoms with Crippen molar-refractivity contribution in [2.24, 2.45) is 5.73 Å². The number of benzene rings is 1. The van der Waals surface area contributed by atoms with Crippen molar-refractivity contribution in [2.45, 2.75) is 64.3 Å². The van der Waals surface area contributed by atoms with Crippen molar-refractivity contribution < 1.29 is 13.2 Å². The van der Waals surface area contributed by atoms with E-state index in [1.807, 2.05) is 32.9 Å². The highest BCUT2D eigenvalue weighted by atomic mass is 35.5. The summed E-state index contributed by atoms with van der Waals surface area (Å²) in [6.07, 6.45) is 1.61. The van der Waals surface area contributed by atoms with E-state index in [1.54, 1.807) is 13.8 Å². The third kappa shape index (κ3) is 6.87. The highest BCUT2D eigenvalue weighted by Crippen LogP contribution is 2.21. The molecule has 0 unspecified atom stereocenters. The lowest BCUT2D eigenvalue weighted by molar-refractivity contribution is -0.121. The third-order valence-corrected chi connectivity index (χ3v) is 6.33. The molecule has 0 radical (unpaired) electrons. The van der Waals surface area contributed by atoms with E-state index < -0.39 is 15.6 Å². The van der Waals surface area contributed by atoms with Gasteiger partial charge in [0.05, 0.1) is 4.90 Å². The van der Waals surface area contributed by atoms with Gasteiger partial charge in [0, 0.05) is 25.0 Å². The second kappa shape index (κ2) is 10.3. The number of nitrogens with two attached hydrogens (primary N) is 1. The average molecular weight is 406 g/mol. The maximum atomic E-state index is 12.5. The molecule has 1 amide bonds. The van der Waals surface area contributed by atoms with E-state index in [2.05, 4.69) is 10.0 Å². The Morgan fingerprint density at radius 3 is 2.08 bits per heavy atom. The fourth-order valence-corrected chi connectivity index (χ4v) is 4.31. The molecule has 6 nitrogen and oxygen atoms in total. The van der Waals surface area contributed by atoms with Crippen molar-refractivity contribution in [3.63, 3.8) is 0 Å². The standard InChI is InChI=1S/C18H31N3O3S.ClH/c1-6-18(19,7-2)12-20-16(22)8-9-21-25(23,24)17-14(4)10-13(3)11-15(17)5;/h10-11,21H,6-9,12,19H2,1-5H3,(H,20,22);1H. The minimum absolute atomic E-state index is 0. The summed E-state index contributed by atoms with van der Waals surface area (Å²) in [5, 5.41) is 2.78. The molecule has 0 aromatic heterocycles. The first kappa shape index (κ1) is 24.8. The number of aryl methyl sites for hydroxylation is 3. The van der Waals surface area contributed by atoms with E-state index in [0.29, 0.717) is 17.7 Å². The Kier molecular flexibility index (Phi) is 9.80. The minimum atomic E-state index is -3.64. The summed E-state index contributed by atoms with van der Waals surface area (Å²) in [7, 11) is -3.64. The Labute approximate surface area is 163 Å². The van der Waals surface area contributed by atoms with E-state index in [-0.39, 0.29) is 36.2 Å². The van der Waals surface area contributed by atoms with Gasteiger partial charge in [-0.25, -0.2) is 13.1 Å². The van der Waals surface area contributed by atoms with Crippen LogP contribution in [-0.2, 0) is 14.8 Å². The number of hydrogen-bond donors (Lipinski definition) is 3. The topological polar surface area (TPSA) is 101 Å². The quantitative estimate of drug-likeness (QED) is 0.586. The molecule has 0 saturated carbocycles. The van der Waals surface area contributed by atoms with Crippen LogP contribution in [0.1, 0.15) is 49.8 Å². The zero-order valence-corrected chi connectivity index (χ0v) is 17.9. The van der Waals surface area contributed by atoms with Crippen LogP contribution in [0.15, 0.2) is 17.0 Å². The van der Waals surface area contributed by atoms with Gasteiger partial charge in [0.25, 0.3) is 0 Å². The predicted octanol–water partition coefficient (Wildman–Crippen LogP) is 2.34. The number of amides is 1. The largest absolute Gasteiger partial charge is 0.354 e. The highest BCUT2D eigenvalue weighted by molar-refractivity contribution is 7.89. The van der Waals surface area contributed by atoms with Crippen LogP contribution in [0.2, 0.25) is 0 Å². The third-order valence-electron chi connectivity index (χ3n) is 4.56. The molecule has 8 heteroatoms. The number of hydrogen-bond acceptors (Lipinski definition) is 4. The number of rotatable bonds is 9. The molecule has 0 fully saturated rings. The van der Waals surface area contributed by atoms with Crippen molar-refractivity contribution in [1.29, 1.82) is 0 Å². The van der Waals surface area contributed by atoms with Crippen LogP contribution in [-0.4, -0.2) is 33.0 Å². The van der Waals surface area contributed by atoms with Gasteiger partial charge in [-0.1, -0.05) is 31.5 Å². The monoisotopic (exact) mass is 405 g/mol. The van der Waals surface area contributed by atoms with Crippen LogP contribution >= 0.6 is 12.4 Å². The molecule has 1 rings (SSSR count). The SMILES string of the molecule is CCC(N)(CC)CNC(=O)CCNS(=O)(=O)c1c(C)cc(C)cc1C.Cl. The van der Waals surface area contributed by atoms with Crippen LogP contribution in [0, 0.1) is 20.8 Å². The summed E-state index contributed by atoms with van der Waals surface area (Å²) in [5.41, 5.74) is 8.15. The van der Waals surface area contributed by atoms with Crippen LogP contribution in [0.3, 0.4) is 0 Å². The van der Waals surface area contributed by atoms with E-state index in [1.165, 1.54) is 0 Å². The van der Waals surface area contributed by atoms with Gasteiger partial charge in [0.15, 0.2) is 0 Å².